The molecular formula is C13H25N. The minimum Gasteiger partial charge on any atom is -0.314 e. The second-order valence-corrected chi connectivity index (χ2v) is 4.38. The molecule has 0 aromatic carbocycles. The van der Waals surface area contributed by atoms with E-state index in [1.807, 2.05) is 0 Å². The summed E-state index contributed by atoms with van der Waals surface area (Å²) in [5.41, 5.74) is 0. The zero-order valence-electron chi connectivity index (χ0n) is 9.97. The third-order valence-corrected chi connectivity index (χ3v) is 2.31. The minimum atomic E-state index is 0.670. The van der Waals surface area contributed by atoms with Crippen LogP contribution in [-0.2, 0) is 0 Å². The van der Waals surface area contributed by atoms with Crippen molar-refractivity contribution in [3.05, 3.63) is 0 Å². The number of rotatable bonds is 8. The predicted octanol–water partition coefficient (Wildman–Crippen LogP) is 3.20. The first-order valence-corrected chi connectivity index (χ1v) is 5.87. The first-order chi connectivity index (χ1) is 6.70. The van der Waals surface area contributed by atoms with Crippen LogP contribution in [-0.4, -0.2) is 12.6 Å². The van der Waals surface area contributed by atoms with Crippen molar-refractivity contribution in [2.45, 2.75) is 58.9 Å². The number of hydrogen-bond acceptors (Lipinski definition) is 1. The van der Waals surface area contributed by atoms with Gasteiger partial charge in [0.1, 0.15) is 0 Å². The standard InChI is InChI=1S/C13H25N/c1-5-7-8-9-13(11-12(3)4)14-10-6-2/h1,12-14H,6-11H2,2-4H3. The summed E-state index contributed by atoms with van der Waals surface area (Å²) in [7, 11) is 0. The molecule has 0 bridgehead atoms. The van der Waals surface area contributed by atoms with Gasteiger partial charge in [-0.05, 0) is 38.1 Å². The molecule has 1 atom stereocenters. The van der Waals surface area contributed by atoms with Crippen molar-refractivity contribution in [3.8, 4) is 12.3 Å². The fourth-order valence-electron chi connectivity index (χ4n) is 1.67. The zero-order chi connectivity index (χ0) is 10.8. The maximum Gasteiger partial charge on any atom is 0.00866 e. The van der Waals surface area contributed by atoms with E-state index in [4.69, 9.17) is 6.42 Å². The minimum absolute atomic E-state index is 0.670. The van der Waals surface area contributed by atoms with Crippen LogP contribution in [0.5, 0.6) is 0 Å². The Kier molecular flexibility index (Phi) is 8.78. The zero-order valence-corrected chi connectivity index (χ0v) is 9.97. The van der Waals surface area contributed by atoms with Gasteiger partial charge >= 0.3 is 0 Å². The van der Waals surface area contributed by atoms with Crippen molar-refractivity contribution in [1.82, 2.24) is 5.32 Å². The predicted molar refractivity (Wildman–Crippen MR) is 64.2 cm³/mol. The average Bonchev–Trinajstić information content (AvgIpc) is 2.13. The Balaban J connectivity index is 3.67. The smallest absolute Gasteiger partial charge is 0.00866 e. The van der Waals surface area contributed by atoms with Gasteiger partial charge in [-0.25, -0.2) is 0 Å². The Labute approximate surface area is 89.7 Å². The largest absolute Gasteiger partial charge is 0.314 e. The summed E-state index contributed by atoms with van der Waals surface area (Å²) >= 11 is 0. The highest BCUT2D eigenvalue weighted by Gasteiger charge is 2.08. The van der Waals surface area contributed by atoms with Gasteiger partial charge in [-0.15, -0.1) is 12.3 Å². The highest BCUT2D eigenvalue weighted by Crippen LogP contribution is 2.10. The molecule has 1 unspecified atom stereocenters. The van der Waals surface area contributed by atoms with Gasteiger partial charge in [0.05, 0.1) is 0 Å². The third kappa shape index (κ3) is 8.13. The van der Waals surface area contributed by atoms with Crippen molar-refractivity contribution in [1.29, 1.82) is 0 Å². The summed E-state index contributed by atoms with van der Waals surface area (Å²) in [4.78, 5) is 0. The second kappa shape index (κ2) is 9.09. The van der Waals surface area contributed by atoms with E-state index in [-0.39, 0.29) is 0 Å². The number of hydrogen-bond donors (Lipinski definition) is 1. The summed E-state index contributed by atoms with van der Waals surface area (Å²) in [6.45, 7) is 7.90. The molecule has 1 N–H and O–H groups in total. The van der Waals surface area contributed by atoms with Gasteiger partial charge in [0, 0.05) is 12.5 Å². The number of unbranched alkanes of at least 4 members (excludes halogenated alkanes) is 1. The molecule has 0 aromatic heterocycles. The van der Waals surface area contributed by atoms with Crippen LogP contribution in [0.2, 0.25) is 0 Å². The summed E-state index contributed by atoms with van der Waals surface area (Å²) in [6.07, 6.45) is 11.0. The van der Waals surface area contributed by atoms with Gasteiger partial charge in [-0.3, -0.25) is 0 Å². The van der Waals surface area contributed by atoms with E-state index >= 15 is 0 Å². The molecule has 0 saturated carbocycles. The monoisotopic (exact) mass is 195 g/mol. The molecule has 0 amide bonds. The molecule has 0 aliphatic heterocycles. The van der Waals surface area contributed by atoms with E-state index in [0.29, 0.717) is 6.04 Å². The first kappa shape index (κ1) is 13.5. The molecule has 0 heterocycles. The topological polar surface area (TPSA) is 12.0 Å². The molecule has 14 heavy (non-hydrogen) atoms. The molecule has 1 nitrogen and oxygen atoms in total. The maximum absolute atomic E-state index is 5.25. The van der Waals surface area contributed by atoms with Crippen molar-refractivity contribution < 1.29 is 0 Å². The van der Waals surface area contributed by atoms with Gasteiger partial charge in [0.25, 0.3) is 0 Å². The van der Waals surface area contributed by atoms with Crippen LogP contribution >= 0.6 is 0 Å². The van der Waals surface area contributed by atoms with Crippen molar-refractivity contribution in [2.75, 3.05) is 6.54 Å². The molecule has 1 heteroatoms. The summed E-state index contributed by atoms with van der Waals surface area (Å²) < 4.78 is 0. The van der Waals surface area contributed by atoms with Crippen LogP contribution in [0, 0.1) is 18.3 Å². The molecular weight excluding hydrogens is 170 g/mol. The highest BCUT2D eigenvalue weighted by molar-refractivity contribution is 4.84. The maximum atomic E-state index is 5.25. The van der Waals surface area contributed by atoms with Gasteiger partial charge in [0.15, 0.2) is 0 Å². The Morgan fingerprint density at radius 3 is 2.57 bits per heavy atom. The van der Waals surface area contributed by atoms with E-state index in [9.17, 15) is 0 Å². The lowest BCUT2D eigenvalue weighted by molar-refractivity contribution is 0.392. The van der Waals surface area contributed by atoms with Crippen LogP contribution in [0.15, 0.2) is 0 Å². The van der Waals surface area contributed by atoms with Crippen LogP contribution < -0.4 is 5.32 Å². The van der Waals surface area contributed by atoms with Gasteiger partial charge in [-0.2, -0.15) is 0 Å². The Hall–Kier alpha value is -0.480. The Bertz CT molecular complexity index is 155. The van der Waals surface area contributed by atoms with Gasteiger partial charge in [0.2, 0.25) is 0 Å². The molecule has 0 aliphatic rings. The molecule has 0 aliphatic carbocycles. The van der Waals surface area contributed by atoms with E-state index in [1.54, 1.807) is 0 Å². The summed E-state index contributed by atoms with van der Waals surface area (Å²) in [5, 5.41) is 3.59. The van der Waals surface area contributed by atoms with E-state index < -0.39 is 0 Å². The van der Waals surface area contributed by atoms with Crippen LogP contribution in [0.4, 0.5) is 0 Å². The second-order valence-electron chi connectivity index (χ2n) is 4.38. The van der Waals surface area contributed by atoms with Crippen LogP contribution in [0.3, 0.4) is 0 Å². The molecule has 0 fully saturated rings. The van der Waals surface area contributed by atoms with Crippen molar-refractivity contribution in [3.63, 3.8) is 0 Å². The van der Waals surface area contributed by atoms with Gasteiger partial charge < -0.3 is 5.32 Å². The van der Waals surface area contributed by atoms with Crippen LogP contribution in [0.25, 0.3) is 0 Å². The molecule has 0 rings (SSSR count). The highest BCUT2D eigenvalue weighted by atomic mass is 14.9. The summed E-state index contributed by atoms with van der Waals surface area (Å²) in [5.74, 6) is 3.48. The van der Waals surface area contributed by atoms with Gasteiger partial charge in [-0.1, -0.05) is 20.8 Å². The quantitative estimate of drug-likeness (QED) is 0.463. The third-order valence-electron chi connectivity index (χ3n) is 2.31. The normalized spacial score (nSPS) is 12.8. The van der Waals surface area contributed by atoms with E-state index in [0.717, 1.165) is 25.3 Å². The molecule has 82 valence electrons. The number of nitrogens with one attached hydrogen (secondary N) is 1. The molecule has 0 aromatic rings. The van der Waals surface area contributed by atoms with E-state index in [1.165, 1.54) is 19.3 Å². The van der Waals surface area contributed by atoms with E-state index in [2.05, 4.69) is 32.0 Å². The lowest BCUT2D eigenvalue weighted by Crippen LogP contribution is -2.31. The SMILES string of the molecule is C#CCCCC(CC(C)C)NCCC. The molecule has 0 saturated heterocycles. The fourth-order valence-corrected chi connectivity index (χ4v) is 1.67. The molecule has 0 radical (unpaired) electrons. The lowest BCUT2D eigenvalue weighted by Gasteiger charge is -2.19. The lowest BCUT2D eigenvalue weighted by atomic mass is 9.99. The Morgan fingerprint density at radius 2 is 2.07 bits per heavy atom. The van der Waals surface area contributed by atoms with Crippen LogP contribution in [0.1, 0.15) is 52.9 Å². The fraction of sp³-hybridized carbons (Fsp3) is 0.846. The summed E-state index contributed by atoms with van der Waals surface area (Å²) in [6, 6.07) is 0.670. The van der Waals surface area contributed by atoms with Crippen molar-refractivity contribution >= 4 is 0 Å². The van der Waals surface area contributed by atoms with Crippen molar-refractivity contribution in [2.24, 2.45) is 5.92 Å². The first-order valence-electron chi connectivity index (χ1n) is 5.87. The average molecular weight is 195 g/mol. The Morgan fingerprint density at radius 1 is 1.36 bits per heavy atom. The number of terminal acetylenes is 1. The molecule has 0 spiro atoms.